The van der Waals surface area contributed by atoms with Gasteiger partial charge in [-0.25, -0.2) is 0 Å². The molecule has 0 radical (unpaired) electrons. The summed E-state index contributed by atoms with van der Waals surface area (Å²) in [6.45, 7) is 7.43. The molecule has 1 aromatic heterocycles. The second-order valence-electron chi connectivity index (χ2n) is 5.97. The molecule has 1 aliphatic rings. The van der Waals surface area contributed by atoms with E-state index in [2.05, 4.69) is 16.9 Å². The minimum Gasteiger partial charge on any atom is -0.379 e. The van der Waals surface area contributed by atoms with E-state index in [1.165, 1.54) is 0 Å². The highest BCUT2D eigenvalue weighted by atomic mass is 16.5. The van der Waals surface area contributed by atoms with Gasteiger partial charge in [0.1, 0.15) is 0 Å². The van der Waals surface area contributed by atoms with Crippen LogP contribution < -0.4 is 0 Å². The van der Waals surface area contributed by atoms with Crippen molar-refractivity contribution in [2.75, 3.05) is 39.9 Å². The smallest absolute Gasteiger partial charge is 0.222 e. The van der Waals surface area contributed by atoms with Crippen molar-refractivity contribution in [1.82, 2.24) is 19.6 Å². The lowest BCUT2D eigenvalue weighted by molar-refractivity contribution is -0.130. The van der Waals surface area contributed by atoms with Crippen LogP contribution in [0.15, 0.2) is 18.5 Å². The van der Waals surface area contributed by atoms with Crippen LogP contribution in [0.5, 0.6) is 0 Å². The molecule has 6 heteroatoms. The first-order valence-corrected chi connectivity index (χ1v) is 8.20. The second-order valence-corrected chi connectivity index (χ2v) is 5.97. The highest BCUT2D eigenvalue weighted by Gasteiger charge is 2.18. The number of morpholine rings is 1. The zero-order valence-corrected chi connectivity index (χ0v) is 13.8. The summed E-state index contributed by atoms with van der Waals surface area (Å²) >= 11 is 0. The van der Waals surface area contributed by atoms with Crippen molar-refractivity contribution in [2.45, 2.75) is 38.8 Å². The molecule has 6 nitrogen and oxygen atoms in total. The molecular formula is C16H28N4O2. The highest BCUT2D eigenvalue weighted by Crippen LogP contribution is 2.10. The lowest BCUT2D eigenvalue weighted by Gasteiger charge is -2.32. The summed E-state index contributed by atoms with van der Waals surface area (Å²) in [4.78, 5) is 16.4. The van der Waals surface area contributed by atoms with Crippen molar-refractivity contribution in [3.63, 3.8) is 0 Å². The number of hydrogen-bond donors (Lipinski definition) is 0. The number of ether oxygens (including phenoxy) is 1. The van der Waals surface area contributed by atoms with E-state index in [-0.39, 0.29) is 5.91 Å². The Morgan fingerprint density at radius 3 is 2.86 bits per heavy atom. The van der Waals surface area contributed by atoms with Gasteiger partial charge in [-0.1, -0.05) is 0 Å². The maximum Gasteiger partial charge on any atom is 0.222 e. The van der Waals surface area contributed by atoms with Crippen molar-refractivity contribution in [3.05, 3.63) is 18.5 Å². The summed E-state index contributed by atoms with van der Waals surface area (Å²) in [5.74, 6) is 0.237. The average Bonchev–Trinajstić information content (AvgIpc) is 3.06. The zero-order chi connectivity index (χ0) is 15.8. The molecule has 1 atom stereocenters. The molecule has 0 bridgehead atoms. The van der Waals surface area contributed by atoms with E-state index in [9.17, 15) is 4.79 Å². The van der Waals surface area contributed by atoms with E-state index in [1.807, 2.05) is 28.9 Å². The number of nitrogens with zero attached hydrogens (tertiary/aromatic N) is 4. The van der Waals surface area contributed by atoms with Crippen molar-refractivity contribution in [1.29, 1.82) is 0 Å². The number of hydrogen-bond acceptors (Lipinski definition) is 4. The number of carbonyl (C=O) groups excluding carboxylic acids is 1. The highest BCUT2D eigenvalue weighted by molar-refractivity contribution is 5.75. The first kappa shape index (κ1) is 17.0. The molecule has 0 N–H and O–H groups in total. The average molecular weight is 308 g/mol. The molecule has 0 saturated carbocycles. The van der Waals surface area contributed by atoms with E-state index in [4.69, 9.17) is 4.74 Å². The first-order chi connectivity index (χ1) is 10.7. The third kappa shape index (κ3) is 5.42. The van der Waals surface area contributed by atoms with Gasteiger partial charge in [0.15, 0.2) is 0 Å². The predicted molar refractivity (Wildman–Crippen MR) is 85.6 cm³/mol. The Morgan fingerprint density at radius 2 is 2.18 bits per heavy atom. The van der Waals surface area contributed by atoms with Crippen molar-refractivity contribution in [2.24, 2.45) is 0 Å². The summed E-state index contributed by atoms with van der Waals surface area (Å²) < 4.78 is 7.27. The molecule has 0 aromatic carbocycles. The monoisotopic (exact) mass is 308 g/mol. The maximum atomic E-state index is 12.2. The van der Waals surface area contributed by atoms with Gasteiger partial charge in [0.2, 0.25) is 5.91 Å². The van der Waals surface area contributed by atoms with Gasteiger partial charge in [0, 0.05) is 58.1 Å². The second kappa shape index (κ2) is 8.90. The van der Waals surface area contributed by atoms with Crippen LogP contribution >= 0.6 is 0 Å². The normalized spacial score (nSPS) is 17.4. The quantitative estimate of drug-likeness (QED) is 0.725. The summed E-state index contributed by atoms with van der Waals surface area (Å²) in [5, 5.41) is 4.17. The molecule has 2 rings (SSSR count). The van der Waals surface area contributed by atoms with Crippen molar-refractivity contribution in [3.8, 4) is 0 Å². The minimum absolute atomic E-state index is 0.237. The van der Waals surface area contributed by atoms with Crippen molar-refractivity contribution >= 4 is 5.91 Å². The number of rotatable bonds is 8. The lowest BCUT2D eigenvalue weighted by Crippen LogP contribution is -2.42. The van der Waals surface area contributed by atoms with Gasteiger partial charge in [-0.3, -0.25) is 14.4 Å². The van der Waals surface area contributed by atoms with Crippen molar-refractivity contribution < 1.29 is 9.53 Å². The predicted octanol–water partition coefficient (Wildman–Crippen LogP) is 1.23. The largest absolute Gasteiger partial charge is 0.379 e. The summed E-state index contributed by atoms with van der Waals surface area (Å²) in [6.07, 6.45) is 6.20. The Hall–Kier alpha value is -1.40. The van der Waals surface area contributed by atoms with E-state index in [0.29, 0.717) is 12.5 Å². The van der Waals surface area contributed by atoms with E-state index in [1.54, 1.807) is 6.20 Å². The molecule has 0 aliphatic carbocycles. The van der Waals surface area contributed by atoms with Crippen LogP contribution in [-0.2, 0) is 16.1 Å². The molecule has 0 unspecified atom stereocenters. The van der Waals surface area contributed by atoms with E-state index < -0.39 is 0 Å². The standard InChI is InChI=1S/C16H28N4O2/c1-15(19-11-13-22-14-12-19)5-6-16(21)18(2)8-4-10-20-9-3-7-17-20/h3,7,9,15H,4-6,8,10-14H2,1-2H3/t15-/m1/s1. The van der Waals surface area contributed by atoms with Gasteiger partial charge in [-0.2, -0.15) is 5.10 Å². The molecule has 1 amide bonds. The third-order valence-electron chi connectivity index (χ3n) is 4.31. The Morgan fingerprint density at radius 1 is 1.41 bits per heavy atom. The molecule has 124 valence electrons. The van der Waals surface area contributed by atoms with Crippen LogP contribution in [-0.4, -0.2) is 71.4 Å². The minimum atomic E-state index is 0.237. The Bertz CT molecular complexity index is 429. The summed E-state index contributed by atoms with van der Waals surface area (Å²) in [6, 6.07) is 2.37. The van der Waals surface area contributed by atoms with Crippen LogP contribution in [0.4, 0.5) is 0 Å². The topological polar surface area (TPSA) is 50.6 Å². The fourth-order valence-electron chi connectivity index (χ4n) is 2.75. The van der Waals surface area contributed by atoms with Crippen LogP contribution in [0.25, 0.3) is 0 Å². The zero-order valence-electron chi connectivity index (χ0n) is 13.8. The number of aryl methyl sites for hydroxylation is 1. The first-order valence-electron chi connectivity index (χ1n) is 8.20. The molecule has 1 saturated heterocycles. The molecular weight excluding hydrogens is 280 g/mol. The molecule has 0 spiro atoms. The molecule has 2 heterocycles. The van der Waals surface area contributed by atoms with Gasteiger partial charge in [-0.05, 0) is 25.8 Å². The van der Waals surface area contributed by atoms with Crippen LogP contribution in [0, 0.1) is 0 Å². The maximum absolute atomic E-state index is 12.2. The SMILES string of the molecule is C[C@H](CCC(=O)N(C)CCCn1cccn1)N1CCOCC1. The number of amides is 1. The molecule has 1 aromatic rings. The Kier molecular flexibility index (Phi) is 6.86. The van der Waals surface area contributed by atoms with Gasteiger partial charge >= 0.3 is 0 Å². The molecule has 22 heavy (non-hydrogen) atoms. The Labute approximate surface area is 133 Å². The fourth-order valence-corrected chi connectivity index (χ4v) is 2.75. The van der Waals surface area contributed by atoms with E-state index in [0.717, 1.165) is 52.2 Å². The van der Waals surface area contributed by atoms with Crippen LogP contribution in [0.3, 0.4) is 0 Å². The van der Waals surface area contributed by atoms with Gasteiger partial charge in [0.05, 0.1) is 13.2 Å². The third-order valence-corrected chi connectivity index (χ3v) is 4.31. The number of aromatic nitrogens is 2. The fraction of sp³-hybridized carbons (Fsp3) is 0.750. The van der Waals surface area contributed by atoms with Gasteiger partial charge < -0.3 is 9.64 Å². The summed E-state index contributed by atoms with van der Waals surface area (Å²) in [7, 11) is 1.89. The lowest BCUT2D eigenvalue weighted by atomic mass is 10.1. The molecule has 1 aliphatic heterocycles. The van der Waals surface area contributed by atoms with Gasteiger partial charge in [0.25, 0.3) is 0 Å². The molecule has 1 fully saturated rings. The Balaban J connectivity index is 1.60. The van der Waals surface area contributed by atoms with E-state index >= 15 is 0 Å². The van der Waals surface area contributed by atoms with Gasteiger partial charge in [-0.15, -0.1) is 0 Å². The number of carbonyl (C=O) groups is 1. The van der Waals surface area contributed by atoms with Crippen LogP contribution in [0.2, 0.25) is 0 Å². The summed E-state index contributed by atoms with van der Waals surface area (Å²) in [5.41, 5.74) is 0. The van der Waals surface area contributed by atoms with Crippen LogP contribution in [0.1, 0.15) is 26.2 Å².